The SMILES string of the molecule is COc1ccc(C#N)cc1C(=O)C1CC2CCC(C1)N2. The third-order valence-corrected chi connectivity index (χ3v) is 4.44. The van der Waals surface area contributed by atoms with Crippen LogP contribution in [0, 0.1) is 17.2 Å². The number of rotatable bonds is 3. The van der Waals surface area contributed by atoms with E-state index in [1.54, 1.807) is 25.3 Å². The summed E-state index contributed by atoms with van der Waals surface area (Å²) in [6.45, 7) is 0. The van der Waals surface area contributed by atoms with Gasteiger partial charge in [-0.05, 0) is 43.9 Å². The number of piperidine rings is 1. The maximum atomic E-state index is 12.7. The molecule has 2 aliphatic heterocycles. The minimum Gasteiger partial charge on any atom is -0.496 e. The van der Waals surface area contributed by atoms with Crippen LogP contribution in [0.15, 0.2) is 18.2 Å². The fourth-order valence-electron chi connectivity index (χ4n) is 3.46. The van der Waals surface area contributed by atoms with Crippen molar-refractivity contribution in [2.24, 2.45) is 5.92 Å². The highest BCUT2D eigenvalue weighted by Crippen LogP contribution is 2.34. The van der Waals surface area contributed by atoms with Gasteiger partial charge in [0.1, 0.15) is 5.75 Å². The minimum absolute atomic E-state index is 0.0524. The van der Waals surface area contributed by atoms with Crippen LogP contribution in [0.25, 0.3) is 0 Å². The molecule has 2 atom stereocenters. The molecule has 2 fully saturated rings. The van der Waals surface area contributed by atoms with Crippen molar-refractivity contribution in [2.75, 3.05) is 7.11 Å². The highest BCUT2D eigenvalue weighted by atomic mass is 16.5. The Bertz CT molecular complexity index is 564. The van der Waals surface area contributed by atoms with Crippen LogP contribution < -0.4 is 10.1 Å². The van der Waals surface area contributed by atoms with Crippen LogP contribution in [-0.2, 0) is 0 Å². The van der Waals surface area contributed by atoms with Gasteiger partial charge in [-0.15, -0.1) is 0 Å². The number of methoxy groups -OCH3 is 1. The quantitative estimate of drug-likeness (QED) is 0.856. The second kappa shape index (κ2) is 5.26. The van der Waals surface area contributed by atoms with Gasteiger partial charge in [0.2, 0.25) is 0 Å². The molecule has 0 radical (unpaired) electrons. The van der Waals surface area contributed by atoms with Gasteiger partial charge in [0.05, 0.1) is 24.3 Å². The average molecular weight is 270 g/mol. The van der Waals surface area contributed by atoms with Gasteiger partial charge in [-0.1, -0.05) is 0 Å². The first-order chi connectivity index (χ1) is 9.71. The summed E-state index contributed by atoms with van der Waals surface area (Å²) in [7, 11) is 1.56. The first-order valence-electron chi connectivity index (χ1n) is 7.09. The number of ketones is 1. The van der Waals surface area contributed by atoms with Gasteiger partial charge in [-0.2, -0.15) is 5.26 Å². The number of fused-ring (bicyclic) bond motifs is 2. The zero-order chi connectivity index (χ0) is 14.1. The van der Waals surface area contributed by atoms with E-state index in [9.17, 15) is 4.79 Å². The fraction of sp³-hybridized carbons (Fsp3) is 0.500. The molecule has 104 valence electrons. The molecule has 0 aliphatic carbocycles. The van der Waals surface area contributed by atoms with Crippen LogP contribution in [0.2, 0.25) is 0 Å². The Kier molecular flexibility index (Phi) is 3.45. The van der Waals surface area contributed by atoms with E-state index in [1.807, 2.05) is 0 Å². The summed E-state index contributed by atoms with van der Waals surface area (Å²) in [5.41, 5.74) is 1.06. The van der Waals surface area contributed by atoms with Crippen molar-refractivity contribution in [3.05, 3.63) is 29.3 Å². The zero-order valence-corrected chi connectivity index (χ0v) is 11.6. The van der Waals surface area contributed by atoms with Crippen molar-refractivity contribution < 1.29 is 9.53 Å². The molecule has 2 aliphatic rings. The monoisotopic (exact) mass is 270 g/mol. The molecule has 1 aromatic carbocycles. The van der Waals surface area contributed by atoms with Gasteiger partial charge in [0.15, 0.2) is 5.78 Å². The smallest absolute Gasteiger partial charge is 0.169 e. The maximum Gasteiger partial charge on any atom is 0.169 e. The van der Waals surface area contributed by atoms with Crippen LogP contribution >= 0.6 is 0 Å². The third kappa shape index (κ3) is 2.30. The predicted octanol–water partition coefficient (Wildman–Crippen LogP) is 2.28. The number of nitrogens with zero attached hydrogens (tertiary/aromatic N) is 1. The number of ether oxygens (including phenoxy) is 1. The number of benzene rings is 1. The van der Waals surface area contributed by atoms with Crippen molar-refractivity contribution in [1.82, 2.24) is 5.32 Å². The summed E-state index contributed by atoms with van der Waals surface area (Å²) < 4.78 is 5.28. The molecular formula is C16H18N2O2. The third-order valence-electron chi connectivity index (χ3n) is 4.44. The highest BCUT2D eigenvalue weighted by Gasteiger charge is 2.37. The Morgan fingerprint density at radius 1 is 1.35 bits per heavy atom. The Balaban J connectivity index is 1.88. The zero-order valence-electron chi connectivity index (χ0n) is 11.6. The average Bonchev–Trinajstić information content (AvgIpc) is 2.84. The van der Waals surface area contributed by atoms with Crippen LogP contribution in [0.3, 0.4) is 0 Å². The van der Waals surface area contributed by atoms with E-state index in [1.165, 1.54) is 12.8 Å². The van der Waals surface area contributed by atoms with Gasteiger partial charge >= 0.3 is 0 Å². The van der Waals surface area contributed by atoms with Crippen molar-refractivity contribution in [1.29, 1.82) is 5.26 Å². The van der Waals surface area contributed by atoms with Gasteiger partial charge in [0, 0.05) is 18.0 Å². The van der Waals surface area contributed by atoms with Crippen LogP contribution in [0.4, 0.5) is 0 Å². The molecule has 0 aromatic heterocycles. The summed E-state index contributed by atoms with van der Waals surface area (Å²) in [6.07, 6.45) is 4.14. The number of carbonyl (C=O) groups excluding carboxylic acids is 1. The number of nitriles is 1. The highest BCUT2D eigenvalue weighted by molar-refractivity contribution is 6.00. The molecule has 0 spiro atoms. The Morgan fingerprint density at radius 3 is 2.65 bits per heavy atom. The van der Waals surface area contributed by atoms with Crippen molar-refractivity contribution >= 4 is 5.78 Å². The van der Waals surface area contributed by atoms with Gasteiger partial charge in [-0.25, -0.2) is 0 Å². The van der Waals surface area contributed by atoms with Crippen LogP contribution in [0.1, 0.15) is 41.6 Å². The molecule has 2 heterocycles. The van der Waals surface area contributed by atoms with E-state index in [0.29, 0.717) is 29.0 Å². The Hall–Kier alpha value is -1.86. The molecular weight excluding hydrogens is 252 g/mol. The number of Topliss-reactive ketones (excluding diaryl/α,β-unsaturated/α-hetero) is 1. The predicted molar refractivity (Wildman–Crippen MR) is 74.7 cm³/mol. The minimum atomic E-state index is 0.0524. The van der Waals surface area contributed by atoms with Gasteiger partial charge in [-0.3, -0.25) is 4.79 Å². The fourth-order valence-corrected chi connectivity index (χ4v) is 3.46. The standard InChI is InChI=1S/C16H18N2O2/c1-20-15-5-2-10(9-17)6-14(15)16(19)11-7-12-3-4-13(8-11)18-12/h2,5-6,11-13,18H,3-4,7-8H2,1H3. The largest absolute Gasteiger partial charge is 0.496 e. The van der Waals surface area contributed by atoms with E-state index in [2.05, 4.69) is 11.4 Å². The van der Waals surface area contributed by atoms with Crippen LogP contribution in [0.5, 0.6) is 5.75 Å². The number of carbonyl (C=O) groups is 1. The first kappa shape index (κ1) is 13.1. The summed E-state index contributed by atoms with van der Waals surface area (Å²) in [6, 6.07) is 8.10. The summed E-state index contributed by atoms with van der Waals surface area (Å²) in [5, 5.41) is 12.5. The van der Waals surface area contributed by atoms with E-state index >= 15 is 0 Å². The summed E-state index contributed by atoms with van der Waals surface area (Å²) in [4.78, 5) is 12.7. The van der Waals surface area contributed by atoms with Crippen LogP contribution in [-0.4, -0.2) is 25.0 Å². The second-order valence-corrected chi connectivity index (χ2v) is 5.70. The molecule has 1 aromatic rings. The molecule has 1 N–H and O–H groups in total. The molecule has 0 amide bonds. The Morgan fingerprint density at radius 2 is 2.05 bits per heavy atom. The number of hydrogen-bond acceptors (Lipinski definition) is 4. The van der Waals surface area contributed by atoms with Crippen molar-refractivity contribution in [2.45, 2.75) is 37.8 Å². The summed E-state index contributed by atoms with van der Waals surface area (Å²) in [5.74, 6) is 0.744. The first-order valence-corrected chi connectivity index (χ1v) is 7.09. The lowest BCUT2D eigenvalue weighted by atomic mass is 9.85. The van der Waals surface area contributed by atoms with Crippen molar-refractivity contribution in [3.8, 4) is 11.8 Å². The molecule has 4 nitrogen and oxygen atoms in total. The number of nitrogens with one attached hydrogen (secondary N) is 1. The van der Waals surface area contributed by atoms with Crippen molar-refractivity contribution in [3.63, 3.8) is 0 Å². The number of hydrogen-bond donors (Lipinski definition) is 1. The molecule has 2 unspecified atom stereocenters. The van der Waals surface area contributed by atoms with E-state index < -0.39 is 0 Å². The lowest BCUT2D eigenvalue weighted by Gasteiger charge is -2.28. The normalized spacial score (nSPS) is 27.9. The van der Waals surface area contributed by atoms with Gasteiger partial charge < -0.3 is 10.1 Å². The topological polar surface area (TPSA) is 62.1 Å². The van der Waals surface area contributed by atoms with E-state index in [0.717, 1.165) is 12.8 Å². The Labute approximate surface area is 118 Å². The summed E-state index contributed by atoms with van der Waals surface area (Å²) >= 11 is 0. The lowest BCUT2D eigenvalue weighted by molar-refractivity contribution is 0.0872. The molecule has 2 saturated heterocycles. The second-order valence-electron chi connectivity index (χ2n) is 5.70. The molecule has 20 heavy (non-hydrogen) atoms. The van der Waals surface area contributed by atoms with E-state index in [4.69, 9.17) is 10.00 Å². The maximum absolute atomic E-state index is 12.7. The lowest BCUT2D eigenvalue weighted by Crippen LogP contribution is -2.40. The molecule has 0 saturated carbocycles. The molecule has 2 bridgehead atoms. The molecule has 3 rings (SSSR count). The molecule has 4 heteroatoms. The van der Waals surface area contributed by atoms with Gasteiger partial charge in [0.25, 0.3) is 0 Å². The van der Waals surface area contributed by atoms with E-state index in [-0.39, 0.29) is 11.7 Å².